The number of amides is 1. The van der Waals surface area contributed by atoms with Crippen LogP contribution in [0.25, 0.3) is 11.3 Å². The summed E-state index contributed by atoms with van der Waals surface area (Å²) in [5, 5.41) is 16.2. The standard InChI is InChI=1S/C36H49ClFN7O4SSi/c1-35(2,3)51(5,6)49-19-20-50-33-30(23-29(42-43-33)27-21-25(37)7-8-28(27)38)40-26-9-12-39-31(22-26)41-32(46)10-13-44-14-16-45(17-15-44)24-36(4)11-18-48-34(36)47/h7-9,12,21-23H,10-11,13-20,24H2,1-6H3,(H2,39,40,41,42,46). The first kappa shape index (κ1) is 39.1. The summed E-state index contributed by atoms with van der Waals surface area (Å²) in [5.41, 5.74) is 1.44. The second-order valence-corrected chi connectivity index (χ2v) is 21.3. The van der Waals surface area contributed by atoms with Crippen molar-refractivity contribution in [2.24, 2.45) is 5.41 Å². The maximum absolute atomic E-state index is 14.8. The number of pyridine rings is 1. The molecular weight excluding hydrogens is 709 g/mol. The number of carbonyl (C=O) groups excluding carboxylic acids is 2. The van der Waals surface area contributed by atoms with E-state index in [-0.39, 0.29) is 22.5 Å². The number of aromatic nitrogens is 3. The Morgan fingerprint density at radius 2 is 1.86 bits per heavy atom. The van der Waals surface area contributed by atoms with Crippen molar-refractivity contribution in [2.75, 3.05) is 68.9 Å². The summed E-state index contributed by atoms with van der Waals surface area (Å²) in [5.74, 6) is 0.369. The summed E-state index contributed by atoms with van der Waals surface area (Å²) in [6, 6.07) is 9.61. The Morgan fingerprint density at radius 3 is 2.57 bits per heavy atom. The lowest BCUT2D eigenvalue weighted by molar-refractivity contribution is -0.146. The Morgan fingerprint density at radius 1 is 1.12 bits per heavy atom. The Hall–Kier alpha value is -3.14. The van der Waals surface area contributed by atoms with Gasteiger partial charge >= 0.3 is 5.97 Å². The van der Waals surface area contributed by atoms with Crippen LogP contribution in [0.15, 0.2) is 47.6 Å². The van der Waals surface area contributed by atoms with Crippen LogP contribution in [0.2, 0.25) is 23.2 Å². The highest BCUT2D eigenvalue weighted by Gasteiger charge is 2.41. The number of rotatable bonds is 14. The quantitative estimate of drug-likeness (QED) is 0.0759. The van der Waals surface area contributed by atoms with Crippen LogP contribution < -0.4 is 10.6 Å². The fraction of sp³-hybridized carbons (Fsp3) is 0.528. The molecule has 2 aliphatic rings. The van der Waals surface area contributed by atoms with Gasteiger partial charge in [0.15, 0.2) is 8.32 Å². The number of esters is 1. The van der Waals surface area contributed by atoms with E-state index in [0.29, 0.717) is 71.4 Å². The number of halogens is 2. The van der Waals surface area contributed by atoms with Gasteiger partial charge < -0.3 is 24.7 Å². The van der Waals surface area contributed by atoms with Crippen molar-refractivity contribution in [3.8, 4) is 11.3 Å². The zero-order valence-electron chi connectivity index (χ0n) is 30.4. The van der Waals surface area contributed by atoms with E-state index in [1.165, 1.54) is 30.0 Å². The van der Waals surface area contributed by atoms with Crippen molar-refractivity contribution in [2.45, 2.75) is 63.7 Å². The molecule has 2 saturated heterocycles. The molecule has 1 amide bonds. The van der Waals surface area contributed by atoms with Crippen molar-refractivity contribution >= 4 is 60.7 Å². The van der Waals surface area contributed by atoms with Gasteiger partial charge in [-0.15, -0.1) is 22.0 Å². The summed E-state index contributed by atoms with van der Waals surface area (Å²) in [7, 11) is -1.91. The van der Waals surface area contributed by atoms with E-state index in [2.05, 4.69) is 69.5 Å². The Kier molecular flexibility index (Phi) is 12.8. The maximum atomic E-state index is 14.8. The molecule has 11 nitrogen and oxygen atoms in total. The molecule has 0 saturated carbocycles. The predicted octanol–water partition coefficient (Wildman–Crippen LogP) is 7.09. The van der Waals surface area contributed by atoms with Gasteiger partial charge in [0, 0.05) is 86.6 Å². The number of nitrogens with zero attached hydrogens (tertiary/aromatic N) is 5. The lowest BCUT2D eigenvalue weighted by atomic mass is 9.88. The van der Waals surface area contributed by atoms with E-state index >= 15 is 0 Å². The minimum absolute atomic E-state index is 0.101. The molecule has 3 aromatic rings. The van der Waals surface area contributed by atoms with Gasteiger partial charge in [0.2, 0.25) is 5.91 Å². The van der Waals surface area contributed by atoms with E-state index in [1.54, 1.807) is 24.4 Å². The van der Waals surface area contributed by atoms with Crippen molar-refractivity contribution in [1.82, 2.24) is 25.0 Å². The van der Waals surface area contributed by atoms with Gasteiger partial charge in [-0.1, -0.05) is 32.4 Å². The molecule has 2 aliphatic heterocycles. The zero-order valence-corrected chi connectivity index (χ0v) is 32.9. The Labute approximate surface area is 310 Å². The minimum atomic E-state index is -1.91. The first-order valence-electron chi connectivity index (χ1n) is 17.4. The van der Waals surface area contributed by atoms with Gasteiger partial charge in [-0.3, -0.25) is 14.5 Å². The van der Waals surface area contributed by atoms with Crippen LogP contribution >= 0.6 is 23.4 Å². The number of anilines is 3. The smallest absolute Gasteiger partial charge is 0.313 e. The molecule has 0 aliphatic carbocycles. The number of hydrogen-bond donors (Lipinski definition) is 2. The fourth-order valence-electron chi connectivity index (χ4n) is 5.70. The first-order chi connectivity index (χ1) is 24.1. The average molecular weight is 758 g/mol. The molecule has 2 fully saturated rings. The number of nitrogens with one attached hydrogen (secondary N) is 2. The molecule has 15 heteroatoms. The van der Waals surface area contributed by atoms with Gasteiger partial charge in [-0.25, -0.2) is 9.37 Å². The average Bonchev–Trinajstić information content (AvgIpc) is 3.40. The van der Waals surface area contributed by atoms with Crippen LogP contribution in [0.3, 0.4) is 0 Å². The van der Waals surface area contributed by atoms with E-state index in [0.717, 1.165) is 32.6 Å². The number of piperazine rings is 1. The van der Waals surface area contributed by atoms with Gasteiger partial charge in [0.25, 0.3) is 0 Å². The van der Waals surface area contributed by atoms with Crippen LogP contribution in [-0.4, -0.2) is 103 Å². The van der Waals surface area contributed by atoms with E-state index < -0.39 is 19.5 Å². The summed E-state index contributed by atoms with van der Waals surface area (Å²) in [4.78, 5) is 34.0. The summed E-state index contributed by atoms with van der Waals surface area (Å²) < 4.78 is 26.4. The normalized spacial score (nSPS) is 18.9. The summed E-state index contributed by atoms with van der Waals surface area (Å²) in [6.07, 6.45) is 2.70. The molecule has 276 valence electrons. The van der Waals surface area contributed by atoms with Crippen LogP contribution in [0.4, 0.5) is 21.6 Å². The van der Waals surface area contributed by atoms with Crippen molar-refractivity contribution in [3.63, 3.8) is 0 Å². The second-order valence-electron chi connectivity index (χ2n) is 14.9. The molecular formula is C36H49ClFN7O4SSi. The number of benzene rings is 1. The molecule has 51 heavy (non-hydrogen) atoms. The van der Waals surface area contributed by atoms with Crippen molar-refractivity contribution in [3.05, 3.63) is 53.4 Å². The first-order valence-corrected chi connectivity index (χ1v) is 21.6. The number of thioether (sulfide) groups is 1. The molecule has 0 bridgehead atoms. The highest BCUT2D eigenvalue weighted by molar-refractivity contribution is 7.99. The van der Waals surface area contributed by atoms with Crippen LogP contribution in [0.1, 0.15) is 40.5 Å². The minimum Gasteiger partial charge on any atom is -0.465 e. The van der Waals surface area contributed by atoms with Crippen molar-refractivity contribution < 1.29 is 23.1 Å². The number of cyclic esters (lactones) is 1. The molecule has 1 aromatic carbocycles. The second kappa shape index (κ2) is 16.7. The third-order valence-electron chi connectivity index (χ3n) is 9.93. The van der Waals surface area contributed by atoms with E-state index in [1.807, 2.05) is 6.92 Å². The predicted molar refractivity (Wildman–Crippen MR) is 204 cm³/mol. The summed E-state index contributed by atoms with van der Waals surface area (Å²) >= 11 is 7.68. The van der Waals surface area contributed by atoms with Gasteiger partial charge in [0.1, 0.15) is 16.7 Å². The number of carbonyl (C=O) groups is 2. The Bertz CT molecular complexity index is 1710. The molecule has 2 aromatic heterocycles. The fourth-order valence-corrected chi connectivity index (χ4v) is 7.79. The maximum Gasteiger partial charge on any atom is 0.313 e. The lowest BCUT2D eigenvalue weighted by Crippen LogP contribution is -2.50. The van der Waals surface area contributed by atoms with Crippen molar-refractivity contribution in [1.29, 1.82) is 0 Å². The monoisotopic (exact) mass is 757 g/mol. The molecule has 4 heterocycles. The largest absolute Gasteiger partial charge is 0.465 e. The Balaban J connectivity index is 1.19. The van der Waals surface area contributed by atoms with E-state index in [9.17, 15) is 14.0 Å². The third kappa shape index (κ3) is 10.5. The third-order valence-corrected chi connectivity index (χ3v) is 15.7. The van der Waals surface area contributed by atoms with Gasteiger partial charge in [-0.05, 0) is 61.8 Å². The van der Waals surface area contributed by atoms with E-state index in [4.69, 9.17) is 20.8 Å². The molecule has 2 N–H and O–H groups in total. The molecule has 0 spiro atoms. The van der Waals surface area contributed by atoms with Gasteiger partial charge in [-0.2, -0.15) is 0 Å². The zero-order chi connectivity index (χ0) is 36.8. The van der Waals surface area contributed by atoms with Crippen LogP contribution in [-0.2, 0) is 18.8 Å². The topological polar surface area (TPSA) is 122 Å². The molecule has 1 atom stereocenters. The molecule has 0 radical (unpaired) electrons. The summed E-state index contributed by atoms with van der Waals surface area (Å²) in [6.45, 7) is 18.8. The number of ether oxygens (including phenoxy) is 1. The van der Waals surface area contributed by atoms with Gasteiger partial charge in [0.05, 0.1) is 23.4 Å². The molecule has 5 rings (SSSR count). The highest BCUT2D eigenvalue weighted by Crippen LogP contribution is 2.37. The van der Waals surface area contributed by atoms with Crippen LogP contribution in [0, 0.1) is 11.2 Å². The molecule has 1 unspecified atom stereocenters. The number of hydrogen-bond acceptors (Lipinski definition) is 11. The lowest BCUT2D eigenvalue weighted by Gasteiger charge is -2.37. The van der Waals surface area contributed by atoms with Crippen LogP contribution in [0.5, 0.6) is 0 Å². The SMILES string of the molecule is CC1(CN2CCN(CCC(=O)Nc3cc(Nc4cc(-c5cc(Cl)ccc5F)nnc4SCCO[Si](C)(C)C(C)(C)C)ccn3)CC2)CCOC1=O. The highest BCUT2D eigenvalue weighted by atomic mass is 35.5.